The van der Waals surface area contributed by atoms with Crippen molar-refractivity contribution in [1.82, 2.24) is 5.43 Å². The Morgan fingerprint density at radius 1 is 1.07 bits per heavy atom. The molecule has 7 heteroatoms. The lowest BCUT2D eigenvalue weighted by Crippen LogP contribution is -2.17. The van der Waals surface area contributed by atoms with Gasteiger partial charge in [-0.05, 0) is 54.1 Å². The van der Waals surface area contributed by atoms with Crippen LogP contribution in [0.1, 0.15) is 21.5 Å². The Kier molecular flexibility index (Phi) is 7.25. The maximum atomic E-state index is 12.0. The number of halogens is 3. The van der Waals surface area contributed by atoms with Gasteiger partial charge in [0.25, 0.3) is 5.91 Å². The fraction of sp³-hybridized carbons (Fsp3) is 0.0476. The molecule has 0 saturated carbocycles. The third-order valence-corrected chi connectivity index (χ3v) is 5.35. The summed E-state index contributed by atoms with van der Waals surface area (Å²) < 4.78 is 7.80. The highest BCUT2D eigenvalue weighted by molar-refractivity contribution is 9.11. The molecule has 0 aliphatic rings. The van der Waals surface area contributed by atoms with Gasteiger partial charge in [-0.25, -0.2) is 5.43 Å². The van der Waals surface area contributed by atoms with Crippen LogP contribution in [0.25, 0.3) is 0 Å². The molecular weight excluding hydrogens is 508 g/mol. The summed E-state index contributed by atoms with van der Waals surface area (Å²) in [5, 5.41) is 4.35. The second kappa shape index (κ2) is 9.87. The van der Waals surface area contributed by atoms with Crippen LogP contribution >= 0.6 is 43.5 Å². The number of ether oxygens (including phenoxy) is 1. The molecule has 0 heterocycles. The Morgan fingerprint density at radius 3 is 2.54 bits per heavy atom. The molecule has 0 unspecified atom stereocenters. The quantitative estimate of drug-likeness (QED) is 0.309. The maximum Gasteiger partial charge on any atom is 0.272 e. The SMILES string of the molecule is O=C(N/N=C\c1ccc(OCc2ccc(Br)cc2Br)cc1)c1ccccc1Cl. The van der Waals surface area contributed by atoms with Crippen LogP contribution in [0, 0.1) is 0 Å². The zero-order chi connectivity index (χ0) is 19.9. The van der Waals surface area contributed by atoms with E-state index in [9.17, 15) is 4.79 Å². The first-order valence-electron chi connectivity index (χ1n) is 8.27. The summed E-state index contributed by atoms with van der Waals surface area (Å²) in [4.78, 5) is 12.0. The number of hydrogen-bond donors (Lipinski definition) is 1. The third-order valence-electron chi connectivity index (χ3n) is 3.79. The minimum Gasteiger partial charge on any atom is -0.489 e. The van der Waals surface area contributed by atoms with E-state index in [0.29, 0.717) is 17.2 Å². The number of amides is 1. The summed E-state index contributed by atoms with van der Waals surface area (Å²) in [6.07, 6.45) is 1.56. The minimum absolute atomic E-state index is 0.359. The number of benzene rings is 3. The summed E-state index contributed by atoms with van der Waals surface area (Å²) >= 11 is 12.9. The fourth-order valence-electron chi connectivity index (χ4n) is 2.32. The predicted molar refractivity (Wildman–Crippen MR) is 119 cm³/mol. The van der Waals surface area contributed by atoms with Crippen molar-refractivity contribution in [2.75, 3.05) is 0 Å². The van der Waals surface area contributed by atoms with E-state index in [1.54, 1.807) is 30.5 Å². The second-order valence-corrected chi connectivity index (χ2v) is 7.95. The number of carbonyl (C=O) groups excluding carboxylic acids is 1. The standard InChI is InChI=1S/C21H15Br2ClN2O2/c22-16-8-7-15(19(23)11-16)13-28-17-9-5-14(6-10-17)12-25-26-21(27)18-3-1-2-4-20(18)24/h1-12H,13H2,(H,26,27)/b25-12-. The fourth-order valence-corrected chi connectivity index (χ4v) is 3.70. The summed E-state index contributed by atoms with van der Waals surface area (Å²) in [7, 11) is 0. The van der Waals surface area contributed by atoms with Crippen molar-refractivity contribution in [2.45, 2.75) is 6.61 Å². The molecule has 3 aromatic rings. The van der Waals surface area contributed by atoms with Crippen LogP contribution in [0.5, 0.6) is 5.75 Å². The van der Waals surface area contributed by atoms with Crippen molar-refractivity contribution in [3.8, 4) is 5.75 Å². The summed E-state index contributed by atoms with van der Waals surface area (Å²) in [6.45, 7) is 0.454. The summed E-state index contributed by atoms with van der Waals surface area (Å²) in [6, 6.07) is 20.2. The van der Waals surface area contributed by atoms with E-state index in [1.165, 1.54) is 0 Å². The van der Waals surface area contributed by atoms with Gasteiger partial charge in [0.2, 0.25) is 0 Å². The van der Waals surface area contributed by atoms with Gasteiger partial charge in [0, 0.05) is 14.5 Å². The van der Waals surface area contributed by atoms with E-state index >= 15 is 0 Å². The van der Waals surface area contributed by atoms with Gasteiger partial charge in [-0.3, -0.25) is 4.79 Å². The molecule has 0 radical (unpaired) electrons. The zero-order valence-corrected chi connectivity index (χ0v) is 18.5. The third kappa shape index (κ3) is 5.67. The monoisotopic (exact) mass is 520 g/mol. The Balaban J connectivity index is 1.54. The van der Waals surface area contributed by atoms with Crippen LogP contribution in [0.3, 0.4) is 0 Å². The number of hydrogen-bond acceptors (Lipinski definition) is 3. The average molecular weight is 523 g/mol. The molecule has 0 spiro atoms. The Hall–Kier alpha value is -2.15. The maximum absolute atomic E-state index is 12.0. The predicted octanol–water partition coefficient (Wildman–Crippen LogP) is 6.21. The molecule has 28 heavy (non-hydrogen) atoms. The van der Waals surface area contributed by atoms with Gasteiger partial charge in [0.05, 0.1) is 16.8 Å². The molecule has 3 aromatic carbocycles. The van der Waals surface area contributed by atoms with Gasteiger partial charge in [-0.2, -0.15) is 5.10 Å². The van der Waals surface area contributed by atoms with Crippen LogP contribution in [-0.2, 0) is 6.61 Å². The van der Waals surface area contributed by atoms with Crippen molar-refractivity contribution >= 4 is 55.6 Å². The van der Waals surface area contributed by atoms with Crippen molar-refractivity contribution in [3.63, 3.8) is 0 Å². The van der Waals surface area contributed by atoms with E-state index in [4.69, 9.17) is 16.3 Å². The lowest BCUT2D eigenvalue weighted by Gasteiger charge is -2.08. The highest BCUT2D eigenvalue weighted by Crippen LogP contribution is 2.23. The van der Waals surface area contributed by atoms with Crippen LogP contribution in [0.15, 0.2) is 80.8 Å². The Labute approximate surface area is 184 Å². The van der Waals surface area contributed by atoms with Gasteiger partial charge >= 0.3 is 0 Å². The highest BCUT2D eigenvalue weighted by atomic mass is 79.9. The van der Waals surface area contributed by atoms with Gasteiger partial charge in [-0.1, -0.05) is 61.7 Å². The molecule has 0 aliphatic heterocycles. The molecule has 0 saturated heterocycles. The molecule has 1 N–H and O–H groups in total. The first-order valence-corrected chi connectivity index (χ1v) is 10.2. The number of hydrazone groups is 1. The van der Waals surface area contributed by atoms with Crippen LogP contribution in [-0.4, -0.2) is 12.1 Å². The second-order valence-electron chi connectivity index (χ2n) is 5.77. The van der Waals surface area contributed by atoms with Crippen molar-refractivity contribution < 1.29 is 9.53 Å². The van der Waals surface area contributed by atoms with Gasteiger partial charge in [0.1, 0.15) is 12.4 Å². The molecule has 0 bridgehead atoms. The van der Waals surface area contributed by atoms with E-state index in [0.717, 1.165) is 25.8 Å². The van der Waals surface area contributed by atoms with Crippen molar-refractivity contribution in [2.24, 2.45) is 5.10 Å². The smallest absolute Gasteiger partial charge is 0.272 e. The number of nitrogens with zero attached hydrogens (tertiary/aromatic N) is 1. The zero-order valence-electron chi connectivity index (χ0n) is 14.5. The minimum atomic E-state index is -0.359. The lowest BCUT2D eigenvalue weighted by atomic mass is 10.2. The molecule has 1 amide bonds. The Morgan fingerprint density at radius 2 is 1.82 bits per heavy atom. The lowest BCUT2D eigenvalue weighted by molar-refractivity contribution is 0.0955. The molecule has 0 fully saturated rings. The highest BCUT2D eigenvalue weighted by Gasteiger charge is 2.07. The molecule has 0 aliphatic carbocycles. The molecule has 0 aromatic heterocycles. The number of nitrogens with one attached hydrogen (secondary N) is 1. The normalized spacial score (nSPS) is 10.8. The number of carbonyl (C=O) groups is 1. The van der Waals surface area contributed by atoms with Crippen molar-refractivity contribution in [3.05, 3.63) is 97.4 Å². The summed E-state index contributed by atoms with van der Waals surface area (Å²) in [5.41, 5.74) is 4.73. The van der Waals surface area contributed by atoms with Gasteiger partial charge < -0.3 is 4.74 Å². The molecule has 3 rings (SSSR count). The van der Waals surface area contributed by atoms with E-state index in [1.807, 2.05) is 42.5 Å². The van der Waals surface area contributed by atoms with E-state index < -0.39 is 0 Å². The molecule has 0 atom stereocenters. The van der Waals surface area contributed by atoms with Crippen molar-refractivity contribution in [1.29, 1.82) is 0 Å². The van der Waals surface area contributed by atoms with E-state index in [2.05, 4.69) is 42.4 Å². The molecular formula is C21H15Br2ClN2O2. The van der Waals surface area contributed by atoms with Gasteiger partial charge in [0.15, 0.2) is 0 Å². The first kappa shape index (κ1) is 20.6. The first-order chi connectivity index (χ1) is 13.5. The summed E-state index contributed by atoms with van der Waals surface area (Å²) in [5.74, 6) is 0.383. The van der Waals surface area contributed by atoms with E-state index in [-0.39, 0.29) is 5.91 Å². The Bertz CT molecular complexity index is 1010. The number of rotatable bonds is 6. The topological polar surface area (TPSA) is 50.7 Å². The van der Waals surface area contributed by atoms with Crippen LogP contribution < -0.4 is 10.2 Å². The van der Waals surface area contributed by atoms with Crippen LogP contribution in [0.2, 0.25) is 5.02 Å². The van der Waals surface area contributed by atoms with Gasteiger partial charge in [-0.15, -0.1) is 0 Å². The van der Waals surface area contributed by atoms with Crippen LogP contribution in [0.4, 0.5) is 0 Å². The largest absolute Gasteiger partial charge is 0.489 e. The molecule has 4 nitrogen and oxygen atoms in total. The molecule has 142 valence electrons. The average Bonchev–Trinajstić information content (AvgIpc) is 2.68.